The lowest BCUT2D eigenvalue weighted by Gasteiger charge is -2.21. The molecule has 0 aromatic carbocycles. The number of hydrogen-bond acceptors (Lipinski definition) is 5. The van der Waals surface area contributed by atoms with E-state index in [1.165, 1.54) is 0 Å². The van der Waals surface area contributed by atoms with E-state index < -0.39 is 11.6 Å². The molecule has 112 valence electrons. The summed E-state index contributed by atoms with van der Waals surface area (Å²) >= 11 is 0. The van der Waals surface area contributed by atoms with Crippen LogP contribution in [0.1, 0.15) is 54.4 Å². The second kappa shape index (κ2) is 7.01. The van der Waals surface area contributed by atoms with E-state index in [0.29, 0.717) is 0 Å². The van der Waals surface area contributed by atoms with E-state index in [4.69, 9.17) is 15.2 Å². The highest BCUT2D eigenvalue weighted by Gasteiger charge is 2.21. The number of nitrogens with two attached hydrogens (primary N) is 1. The Bertz CT molecular complexity index is 312. The highest BCUT2D eigenvalue weighted by molar-refractivity contribution is 5.85. The Balaban J connectivity index is 4.01. The fraction of sp³-hybridized carbons (Fsp3) is 0.857. The average Bonchev–Trinajstić information content (AvgIpc) is 2.19. The normalized spacial score (nSPS) is 14.1. The predicted octanol–water partition coefficient (Wildman–Crippen LogP) is 1.82. The van der Waals surface area contributed by atoms with Crippen molar-refractivity contribution in [2.75, 3.05) is 6.61 Å². The van der Waals surface area contributed by atoms with Gasteiger partial charge in [-0.15, -0.1) is 0 Å². The van der Waals surface area contributed by atoms with Gasteiger partial charge in [-0.1, -0.05) is 0 Å². The van der Waals surface area contributed by atoms with E-state index in [-0.39, 0.29) is 36.8 Å². The van der Waals surface area contributed by atoms with Gasteiger partial charge >= 0.3 is 5.97 Å². The molecule has 0 fully saturated rings. The van der Waals surface area contributed by atoms with Crippen molar-refractivity contribution >= 4 is 11.8 Å². The maximum absolute atomic E-state index is 11.7. The molecule has 0 aromatic heterocycles. The third kappa shape index (κ3) is 10.7. The molecule has 2 N–H and O–H groups in total. The molecule has 0 aliphatic carbocycles. The molecule has 0 rings (SSSR count). The quantitative estimate of drug-likeness (QED) is 0.747. The van der Waals surface area contributed by atoms with Crippen LogP contribution in [-0.2, 0) is 19.1 Å². The van der Waals surface area contributed by atoms with Crippen LogP contribution in [0.2, 0.25) is 0 Å². The second-order valence-corrected chi connectivity index (χ2v) is 6.60. The molecule has 19 heavy (non-hydrogen) atoms. The number of ether oxygens (including phenoxy) is 2. The second-order valence-electron chi connectivity index (χ2n) is 6.60. The van der Waals surface area contributed by atoms with Crippen LogP contribution >= 0.6 is 0 Å². The number of Topliss-reactive ketones (excluding diaryl/α,β-unsaturated/α-hetero) is 1. The predicted molar refractivity (Wildman–Crippen MR) is 73.8 cm³/mol. The van der Waals surface area contributed by atoms with Gasteiger partial charge in [-0.05, 0) is 48.0 Å². The van der Waals surface area contributed by atoms with Gasteiger partial charge in [0.2, 0.25) is 0 Å². The van der Waals surface area contributed by atoms with Crippen LogP contribution in [0.5, 0.6) is 0 Å². The van der Waals surface area contributed by atoms with Crippen LogP contribution < -0.4 is 5.73 Å². The molecule has 0 radical (unpaired) electrons. The van der Waals surface area contributed by atoms with E-state index in [9.17, 15) is 9.59 Å². The summed E-state index contributed by atoms with van der Waals surface area (Å²) in [6.45, 7) is 11.0. The van der Waals surface area contributed by atoms with Gasteiger partial charge in [0.05, 0.1) is 11.6 Å². The van der Waals surface area contributed by atoms with Crippen LogP contribution in [0, 0.1) is 0 Å². The van der Waals surface area contributed by atoms with Crippen molar-refractivity contribution < 1.29 is 19.1 Å². The number of carbonyl (C=O) groups excluding carboxylic acids is 2. The Morgan fingerprint density at radius 3 is 2.00 bits per heavy atom. The smallest absolute Gasteiger partial charge is 0.306 e. The number of esters is 1. The van der Waals surface area contributed by atoms with Crippen LogP contribution in [0.15, 0.2) is 0 Å². The van der Waals surface area contributed by atoms with Gasteiger partial charge in [0.25, 0.3) is 0 Å². The molecule has 5 heteroatoms. The first-order valence-corrected chi connectivity index (χ1v) is 6.55. The van der Waals surface area contributed by atoms with Gasteiger partial charge in [-0.2, -0.15) is 0 Å². The zero-order valence-electron chi connectivity index (χ0n) is 12.9. The maximum Gasteiger partial charge on any atom is 0.306 e. The molecule has 0 saturated carbocycles. The summed E-state index contributed by atoms with van der Waals surface area (Å²) in [6.07, 6.45) is 0.418. The Hall–Kier alpha value is -0.940. The maximum atomic E-state index is 11.7. The molecule has 0 aliphatic rings. The molecule has 0 aliphatic heterocycles. The average molecular weight is 273 g/mol. The Labute approximate surface area is 115 Å². The molecule has 0 amide bonds. The fourth-order valence-electron chi connectivity index (χ4n) is 1.22. The Morgan fingerprint density at radius 1 is 1.05 bits per heavy atom. The summed E-state index contributed by atoms with van der Waals surface area (Å²) in [4.78, 5) is 23.2. The number of carbonyl (C=O) groups is 2. The van der Waals surface area contributed by atoms with E-state index in [1.807, 2.05) is 20.8 Å². The summed E-state index contributed by atoms with van der Waals surface area (Å²) in [7, 11) is 0. The summed E-state index contributed by atoms with van der Waals surface area (Å²) in [6, 6.07) is -0.685. The van der Waals surface area contributed by atoms with Crippen molar-refractivity contribution in [3.05, 3.63) is 0 Å². The van der Waals surface area contributed by atoms with Crippen LogP contribution in [0.4, 0.5) is 0 Å². The Morgan fingerprint density at radius 2 is 1.58 bits per heavy atom. The highest BCUT2D eigenvalue weighted by atomic mass is 16.6. The van der Waals surface area contributed by atoms with Crippen molar-refractivity contribution in [3.8, 4) is 0 Å². The lowest BCUT2D eigenvalue weighted by molar-refractivity contribution is -0.155. The fourth-order valence-corrected chi connectivity index (χ4v) is 1.22. The van der Waals surface area contributed by atoms with E-state index in [0.717, 1.165) is 0 Å². The van der Waals surface area contributed by atoms with Crippen molar-refractivity contribution in [2.45, 2.75) is 71.6 Å². The summed E-state index contributed by atoms with van der Waals surface area (Å²) in [5.74, 6) is -0.536. The summed E-state index contributed by atoms with van der Waals surface area (Å²) in [5.41, 5.74) is 4.83. The van der Waals surface area contributed by atoms with E-state index >= 15 is 0 Å². The van der Waals surface area contributed by atoms with E-state index in [2.05, 4.69) is 0 Å². The number of rotatable bonds is 6. The van der Waals surface area contributed by atoms with Gasteiger partial charge in [0, 0.05) is 6.42 Å². The highest BCUT2D eigenvalue weighted by Crippen LogP contribution is 2.11. The lowest BCUT2D eigenvalue weighted by atomic mass is 10.1. The first-order valence-electron chi connectivity index (χ1n) is 6.55. The molecule has 0 bridgehead atoms. The first kappa shape index (κ1) is 18.1. The first-order chi connectivity index (χ1) is 8.41. The molecule has 0 aromatic rings. The van der Waals surface area contributed by atoms with Crippen molar-refractivity contribution in [1.29, 1.82) is 0 Å². The minimum atomic E-state index is -0.685. The molecule has 0 heterocycles. The molecular formula is C14H27NO4. The van der Waals surface area contributed by atoms with Gasteiger partial charge in [0.15, 0.2) is 5.78 Å². The van der Waals surface area contributed by atoms with Crippen molar-refractivity contribution in [3.63, 3.8) is 0 Å². The van der Waals surface area contributed by atoms with Gasteiger partial charge in [0.1, 0.15) is 12.2 Å². The minimum absolute atomic E-state index is 0.0288. The molecule has 0 unspecified atom stereocenters. The van der Waals surface area contributed by atoms with Crippen molar-refractivity contribution in [1.82, 2.24) is 0 Å². The van der Waals surface area contributed by atoms with Gasteiger partial charge in [-0.3, -0.25) is 9.59 Å². The lowest BCUT2D eigenvalue weighted by Crippen LogP contribution is -2.36. The van der Waals surface area contributed by atoms with Crippen LogP contribution in [0.25, 0.3) is 0 Å². The van der Waals surface area contributed by atoms with Crippen LogP contribution in [0.3, 0.4) is 0 Å². The van der Waals surface area contributed by atoms with Gasteiger partial charge < -0.3 is 15.2 Å². The zero-order valence-corrected chi connectivity index (χ0v) is 12.9. The Kier molecular flexibility index (Phi) is 6.66. The van der Waals surface area contributed by atoms with Gasteiger partial charge in [-0.25, -0.2) is 0 Å². The summed E-state index contributed by atoms with van der Waals surface area (Å²) < 4.78 is 10.5. The molecule has 0 spiro atoms. The van der Waals surface area contributed by atoms with Crippen LogP contribution in [-0.4, -0.2) is 35.6 Å². The monoisotopic (exact) mass is 273 g/mol. The topological polar surface area (TPSA) is 78.6 Å². The third-order valence-corrected chi connectivity index (χ3v) is 2.14. The largest absolute Gasteiger partial charge is 0.460 e. The molecule has 1 atom stereocenters. The standard InChI is InChI=1S/C14H27NO4/c1-13(2,3)18-9-11(16)10(15)7-8-12(17)19-14(4,5)6/h10H,7-9,15H2,1-6H3/t10-/m0/s1. The van der Waals surface area contributed by atoms with Crippen molar-refractivity contribution in [2.24, 2.45) is 5.73 Å². The number of ketones is 1. The molecule has 5 nitrogen and oxygen atoms in total. The zero-order chi connectivity index (χ0) is 15.3. The SMILES string of the molecule is CC(C)(C)OCC(=O)[C@@H](N)CCC(=O)OC(C)(C)C. The molecular weight excluding hydrogens is 246 g/mol. The number of hydrogen-bond donors (Lipinski definition) is 1. The minimum Gasteiger partial charge on any atom is -0.460 e. The third-order valence-electron chi connectivity index (χ3n) is 2.14. The molecule has 0 saturated heterocycles. The van der Waals surface area contributed by atoms with E-state index in [1.54, 1.807) is 20.8 Å². The summed E-state index contributed by atoms with van der Waals surface area (Å²) in [5, 5.41) is 0.